The molecule has 0 saturated heterocycles. The number of thioether (sulfide) groups is 1. The van der Waals surface area contributed by atoms with E-state index in [1.807, 2.05) is 30.5 Å². The summed E-state index contributed by atoms with van der Waals surface area (Å²) in [5, 5.41) is 11.8. The highest BCUT2D eigenvalue weighted by Crippen LogP contribution is 2.23. The average molecular weight is 268 g/mol. The lowest BCUT2D eigenvalue weighted by atomic mass is 10.2. The lowest BCUT2D eigenvalue weighted by Gasteiger charge is -2.07. The third-order valence-electron chi connectivity index (χ3n) is 2.61. The van der Waals surface area contributed by atoms with Crippen molar-refractivity contribution in [3.8, 4) is 6.07 Å². The normalized spacial score (nSPS) is 9.68. The van der Waals surface area contributed by atoms with Crippen molar-refractivity contribution in [2.45, 2.75) is 4.90 Å². The number of nitrogens with zero attached hydrogens (tertiary/aromatic N) is 1. The number of anilines is 1. The van der Waals surface area contributed by atoms with Gasteiger partial charge in [-0.15, -0.1) is 11.8 Å². The molecule has 0 unspecified atom stereocenters. The first kappa shape index (κ1) is 13.2. The largest absolute Gasteiger partial charge is 0.322 e. The molecule has 0 aliphatic rings. The van der Waals surface area contributed by atoms with Crippen LogP contribution >= 0.6 is 11.8 Å². The summed E-state index contributed by atoms with van der Waals surface area (Å²) in [5.41, 5.74) is 1.79. The molecule has 0 aliphatic heterocycles. The number of amides is 1. The van der Waals surface area contributed by atoms with Crippen molar-refractivity contribution in [3.05, 3.63) is 59.7 Å². The van der Waals surface area contributed by atoms with Crippen molar-refractivity contribution < 1.29 is 4.79 Å². The number of carbonyl (C=O) groups is 1. The van der Waals surface area contributed by atoms with Crippen molar-refractivity contribution in [2.75, 3.05) is 11.6 Å². The van der Waals surface area contributed by atoms with Crippen LogP contribution in [0.2, 0.25) is 0 Å². The monoisotopic (exact) mass is 268 g/mol. The predicted octanol–water partition coefficient (Wildman–Crippen LogP) is 3.53. The van der Waals surface area contributed by atoms with Crippen LogP contribution in [0.4, 0.5) is 5.69 Å². The lowest BCUT2D eigenvalue weighted by molar-refractivity contribution is 0.102. The van der Waals surface area contributed by atoms with Gasteiger partial charge < -0.3 is 5.32 Å². The van der Waals surface area contributed by atoms with Crippen LogP contribution in [0.1, 0.15) is 15.9 Å². The Hall–Kier alpha value is -2.25. The zero-order valence-corrected chi connectivity index (χ0v) is 11.2. The highest BCUT2D eigenvalue weighted by molar-refractivity contribution is 7.98. The third kappa shape index (κ3) is 3.15. The Morgan fingerprint density at radius 1 is 1.21 bits per heavy atom. The standard InChI is InChI=1S/C15H12N2OS/c1-19-14-8-7-13(9-12(14)10-16)17-15(18)11-5-3-2-4-6-11/h2-9H,1H3,(H,17,18). The predicted molar refractivity (Wildman–Crippen MR) is 77.3 cm³/mol. The number of nitrogens with one attached hydrogen (secondary N) is 1. The molecule has 0 aliphatic carbocycles. The van der Waals surface area contributed by atoms with Gasteiger partial charge in [0.25, 0.3) is 5.91 Å². The molecule has 0 atom stereocenters. The minimum atomic E-state index is -0.179. The molecule has 0 spiro atoms. The number of benzene rings is 2. The first-order valence-electron chi connectivity index (χ1n) is 5.69. The minimum Gasteiger partial charge on any atom is -0.322 e. The molecule has 0 heterocycles. The molecule has 2 aromatic rings. The molecule has 0 aromatic heterocycles. The summed E-state index contributed by atoms with van der Waals surface area (Å²) in [5.74, 6) is -0.179. The van der Waals surface area contributed by atoms with E-state index in [0.29, 0.717) is 16.8 Å². The minimum absolute atomic E-state index is 0.179. The Morgan fingerprint density at radius 2 is 1.95 bits per heavy atom. The van der Waals surface area contributed by atoms with Gasteiger partial charge in [-0.25, -0.2) is 0 Å². The van der Waals surface area contributed by atoms with Crippen LogP contribution in [0.3, 0.4) is 0 Å². The van der Waals surface area contributed by atoms with Gasteiger partial charge in [0.15, 0.2) is 0 Å². The first-order valence-corrected chi connectivity index (χ1v) is 6.91. The van der Waals surface area contributed by atoms with Gasteiger partial charge in [-0.3, -0.25) is 4.79 Å². The quantitative estimate of drug-likeness (QED) is 0.866. The van der Waals surface area contributed by atoms with Crippen molar-refractivity contribution in [1.29, 1.82) is 5.26 Å². The summed E-state index contributed by atoms with van der Waals surface area (Å²) in [6.45, 7) is 0. The van der Waals surface area contributed by atoms with E-state index in [-0.39, 0.29) is 5.91 Å². The molecule has 0 bridgehead atoms. The fourth-order valence-corrected chi connectivity index (χ4v) is 2.19. The lowest BCUT2D eigenvalue weighted by Crippen LogP contribution is -2.11. The summed E-state index contributed by atoms with van der Waals surface area (Å²) in [7, 11) is 0. The van der Waals surface area contributed by atoms with Crippen molar-refractivity contribution in [3.63, 3.8) is 0 Å². The number of rotatable bonds is 3. The van der Waals surface area contributed by atoms with E-state index in [0.717, 1.165) is 4.90 Å². The molecule has 3 nitrogen and oxygen atoms in total. The molecule has 94 valence electrons. The van der Waals surface area contributed by atoms with E-state index in [1.54, 1.807) is 24.3 Å². The van der Waals surface area contributed by atoms with Gasteiger partial charge in [0.2, 0.25) is 0 Å². The van der Waals surface area contributed by atoms with E-state index >= 15 is 0 Å². The van der Waals surface area contributed by atoms with Gasteiger partial charge in [-0.05, 0) is 36.6 Å². The summed E-state index contributed by atoms with van der Waals surface area (Å²) in [6, 6.07) is 16.4. The van der Waals surface area contributed by atoms with Crippen molar-refractivity contribution in [2.24, 2.45) is 0 Å². The van der Waals surface area contributed by atoms with E-state index < -0.39 is 0 Å². The average Bonchev–Trinajstić information content (AvgIpc) is 2.48. The van der Waals surface area contributed by atoms with E-state index in [2.05, 4.69) is 11.4 Å². The van der Waals surface area contributed by atoms with Gasteiger partial charge in [0, 0.05) is 16.1 Å². The Kier molecular flexibility index (Phi) is 4.22. The molecule has 1 amide bonds. The first-order chi connectivity index (χ1) is 9.24. The second kappa shape index (κ2) is 6.07. The summed E-state index contributed by atoms with van der Waals surface area (Å²) >= 11 is 1.51. The molecular weight excluding hydrogens is 256 g/mol. The maximum Gasteiger partial charge on any atom is 0.255 e. The highest BCUT2D eigenvalue weighted by atomic mass is 32.2. The molecule has 2 aromatic carbocycles. The summed E-state index contributed by atoms with van der Waals surface area (Å²) in [6.07, 6.45) is 1.92. The fraction of sp³-hybridized carbons (Fsp3) is 0.0667. The molecule has 0 saturated carbocycles. The molecule has 0 radical (unpaired) electrons. The van der Waals surface area contributed by atoms with Crippen LogP contribution in [-0.2, 0) is 0 Å². The molecule has 0 fully saturated rings. The second-order valence-electron chi connectivity index (χ2n) is 3.85. The molecule has 4 heteroatoms. The molecule has 1 N–H and O–H groups in total. The Labute approximate surface area is 116 Å². The number of carbonyl (C=O) groups excluding carboxylic acids is 1. The summed E-state index contributed by atoms with van der Waals surface area (Å²) < 4.78 is 0. The van der Waals surface area contributed by atoms with Gasteiger partial charge in [-0.2, -0.15) is 5.26 Å². The fourth-order valence-electron chi connectivity index (χ4n) is 1.67. The number of nitriles is 1. The SMILES string of the molecule is CSc1ccc(NC(=O)c2ccccc2)cc1C#N. The smallest absolute Gasteiger partial charge is 0.255 e. The van der Waals surface area contributed by atoms with Crippen molar-refractivity contribution in [1.82, 2.24) is 0 Å². The van der Waals surface area contributed by atoms with Crippen LogP contribution in [0.15, 0.2) is 53.4 Å². The zero-order chi connectivity index (χ0) is 13.7. The van der Waals surface area contributed by atoms with Crippen molar-refractivity contribution >= 4 is 23.4 Å². The van der Waals surface area contributed by atoms with Crippen LogP contribution in [0.25, 0.3) is 0 Å². The maximum atomic E-state index is 12.0. The highest BCUT2D eigenvalue weighted by Gasteiger charge is 2.07. The summed E-state index contributed by atoms with van der Waals surface area (Å²) in [4.78, 5) is 12.9. The second-order valence-corrected chi connectivity index (χ2v) is 4.70. The Bertz CT molecular complexity index is 632. The van der Waals surface area contributed by atoms with Gasteiger partial charge in [-0.1, -0.05) is 18.2 Å². The van der Waals surface area contributed by atoms with Gasteiger partial charge in [0.1, 0.15) is 6.07 Å². The Morgan fingerprint density at radius 3 is 2.58 bits per heavy atom. The topological polar surface area (TPSA) is 52.9 Å². The third-order valence-corrected chi connectivity index (χ3v) is 3.41. The number of hydrogen-bond donors (Lipinski definition) is 1. The zero-order valence-electron chi connectivity index (χ0n) is 10.4. The molecule has 2 rings (SSSR count). The van der Waals surface area contributed by atoms with Crippen LogP contribution in [0, 0.1) is 11.3 Å². The van der Waals surface area contributed by atoms with Crippen LogP contribution in [-0.4, -0.2) is 12.2 Å². The van der Waals surface area contributed by atoms with E-state index in [1.165, 1.54) is 11.8 Å². The Balaban J connectivity index is 2.21. The van der Waals surface area contributed by atoms with E-state index in [4.69, 9.17) is 5.26 Å². The van der Waals surface area contributed by atoms with Crippen LogP contribution < -0.4 is 5.32 Å². The molecular formula is C15H12N2OS. The van der Waals surface area contributed by atoms with Gasteiger partial charge >= 0.3 is 0 Å². The molecule has 19 heavy (non-hydrogen) atoms. The number of hydrogen-bond acceptors (Lipinski definition) is 3. The van der Waals surface area contributed by atoms with Gasteiger partial charge in [0.05, 0.1) is 5.56 Å². The maximum absolute atomic E-state index is 12.0. The van der Waals surface area contributed by atoms with E-state index in [9.17, 15) is 4.79 Å². The van der Waals surface area contributed by atoms with Crippen LogP contribution in [0.5, 0.6) is 0 Å².